The van der Waals surface area contributed by atoms with Crippen LogP contribution >= 0.6 is 0 Å². The summed E-state index contributed by atoms with van der Waals surface area (Å²) in [6.07, 6.45) is 2.41. The number of carbonyl (C=O) groups excluding carboxylic acids is 2. The number of hydrogen-bond acceptors (Lipinski definition) is 3. The smallest absolute Gasteiger partial charge is 0.331 e. The lowest BCUT2D eigenvalue weighted by molar-refractivity contribution is -0.139. The zero-order valence-electron chi connectivity index (χ0n) is 11.1. The largest absolute Gasteiger partial charge is 0.453 e. The molecule has 100 valence electrons. The fourth-order valence-corrected chi connectivity index (χ4v) is 1.83. The molecular weight excluding hydrogens is 252 g/mol. The van der Waals surface area contributed by atoms with Crippen molar-refractivity contribution in [1.29, 1.82) is 0 Å². The van der Waals surface area contributed by atoms with Crippen LogP contribution in [0.2, 0.25) is 0 Å². The maximum absolute atomic E-state index is 11.5. The first-order valence-electron chi connectivity index (χ1n) is 6.23. The van der Waals surface area contributed by atoms with Gasteiger partial charge in [0.25, 0.3) is 0 Å². The molecule has 1 aromatic carbocycles. The summed E-state index contributed by atoms with van der Waals surface area (Å²) in [7, 11) is 0. The average Bonchev–Trinajstić information content (AvgIpc) is 2.86. The lowest BCUT2D eigenvalue weighted by atomic mass is 9.92. The van der Waals surface area contributed by atoms with Crippen molar-refractivity contribution in [3.63, 3.8) is 0 Å². The highest BCUT2D eigenvalue weighted by molar-refractivity contribution is 5.94. The summed E-state index contributed by atoms with van der Waals surface area (Å²) in [6, 6.07) is 9.41. The van der Waals surface area contributed by atoms with E-state index in [0.717, 1.165) is 5.56 Å². The second-order valence-electron chi connectivity index (χ2n) is 4.46. The van der Waals surface area contributed by atoms with Gasteiger partial charge in [0.05, 0.1) is 5.92 Å². The first kappa shape index (κ1) is 13.8. The van der Waals surface area contributed by atoms with Crippen molar-refractivity contribution in [2.75, 3.05) is 0 Å². The highest BCUT2D eigenvalue weighted by atomic mass is 16.5. The molecule has 1 aliphatic heterocycles. The number of benzene rings is 1. The third-order valence-corrected chi connectivity index (χ3v) is 2.98. The zero-order valence-corrected chi connectivity index (χ0v) is 11.1. The molecule has 0 spiro atoms. The summed E-state index contributed by atoms with van der Waals surface area (Å²) in [4.78, 5) is 22.7. The van der Waals surface area contributed by atoms with Crippen LogP contribution in [0.15, 0.2) is 54.6 Å². The molecule has 0 aromatic heterocycles. The highest BCUT2D eigenvalue weighted by Crippen LogP contribution is 2.22. The van der Waals surface area contributed by atoms with Gasteiger partial charge < -0.3 is 4.74 Å². The standard InChI is InChI=1S/C17H14O3/c1-12(13(2)18)15(16-10-11-17(19)20-16)9-8-14-6-4-3-5-7-14/h3-7,10-11,15-16H,1H2,2H3/t15?,16-/m0/s1. The lowest BCUT2D eigenvalue weighted by Crippen LogP contribution is -2.23. The van der Waals surface area contributed by atoms with Gasteiger partial charge in [0.2, 0.25) is 0 Å². The molecule has 0 saturated carbocycles. The lowest BCUT2D eigenvalue weighted by Gasteiger charge is -2.17. The van der Waals surface area contributed by atoms with Gasteiger partial charge in [0.1, 0.15) is 6.10 Å². The third kappa shape index (κ3) is 3.24. The van der Waals surface area contributed by atoms with Crippen molar-refractivity contribution in [1.82, 2.24) is 0 Å². The molecule has 3 heteroatoms. The van der Waals surface area contributed by atoms with E-state index in [2.05, 4.69) is 18.4 Å². The van der Waals surface area contributed by atoms with Crippen LogP contribution in [0.5, 0.6) is 0 Å². The summed E-state index contributed by atoms with van der Waals surface area (Å²) in [5.41, 5.74) is 1.18. The van der Waals surface area contributed by atoms with E-state index in [4.69, 9.17) is 4.74 Å². The second-order valence-corrected chi connectivity index (χ2v) is 4.46. The number of cyclic esters (lactones) is 1. The second kappa shape index (κ2) is 6.03. The number of ether oxygens (including phenoxy) is 1. The monoisotopic (exact) mass is 266 g/mol. The molecule has 0 N–H and O–H groups in total. The van der Waals surface area contributed by atoms with Crippen molar-refractivity contribution in [3.8, 4) is 11.8 Å². The quantitative estimate of drug-likeness (QED) is 0.479. The molecule has 0 saturated heterocycles. The van der Waals surface area contributed by atoms with Gasteiger partial charge in [-0.1, -0.05) is 36.6 Å². The van der Waals surface area contributed by atoms with Crippen LogP contribution in [0.25, 0.3) is 0 Å². The molecule has 0 radical (unpaired) electrons. The van der Waals surface area contributed by atoms with E-state index in [1.54, 1.807) is 6.08 Å². The normalized spacial score (nSPS) is 17.9. The Morgan fingerprint density at radius 1 is 1.35 bits per heavy atom. The van der Waals surface area contributed by atoms with Crippen LogP contribution < -0.4 is 0 Å². The van der Waals surface area contributed by atoms with E-state index >= 15 is 0 Å². The summed E-state index contributed by atoms with van der Waals surface area (Å²) in [5, 5.41) is 0. The molecule has 0 aliphatic carbocycles. The molecule has 20 heavy (non-hydrogen) atoms. The van der Waals surface area contributed by atoms with Gasteiger partial charge in [-0.3, -0.25) is 4.79 Å². The molecular formula is C17H14O3. The summed E-state index contributed by atoms with van der Waals surface area (Å²) in [6.45, 7) is 5.19. The highest BCUT2D eigenvalue weighted by Gasteiger charge is 2.29. The van der Waals surface area contributed by atoms with Crippen molar-refractivity contribution in [2.24, 2.45) is 5.92 Å². The molecule has 1 unspecified atom stereocenters. The van der Waals surface area contributed by atoms with Crippen LogP contribution in [0.1, 0.15) is 12.5 Å². The Bertz CT molecular complexity index is 629. The Morgan fingerprint density at radius 2 is 2.05 bits per heavy atom. The zero-order chi connectivity index (χ0) is 14.5. The van der Waals surface area contributed by atoms with Gasteiger partial charge in [0, 0.05) is 17.2 Å². The van der Waals surface area contributed by atoms with E-state index in [9.17, 15) is 9.59 Å². The molecule has 3 nitrogen and oxygen atoms in total. The van der Waals surface area contributed by atoms with Crippen molar-refractivity contribution < 1.29 is 14.3 Å². The number of Topliss-reactive ketones (excluding diaryl/α,β-unsaturated/α-hetero) is 1. The van der Waals surface area contributed by atoms with E-state index in [1.807, 2.05) is 30.3 Å². The fourth-order valence-electron chi connectivity index (χ4n) is 1.83. The molecule has 0 amide bonds. The predicted molar refractivity (Wildman–Crippen MR) is 75.7 cm³/mol. The van der Waals surface area contributed by atoms with E-state index in [-0.39, 0.29) is 5.78 Å². The maximum Gasteiger partial charge on any atom is 0.331 e. The topological polar surface area (TPSA) is 43.4 Å². The molecule has 1 aliphatic rings. The Morgan fingerprint density at radius 3 is 2.60 bits per heavy atom. The van der Waals surface area contributed by atoms with Crippen LogP contribution in [0, 0.1) is 17.8 Å². The summed E-state index contributed by atoms with van der Waals surface area (Å²) in [5.74, 6) is 4.87. The molecule has 2 atom stereocenters. The average molecular weight is 266 g/mol. The number of ketones is 1. The minimum absolute atomic E-state index is 0.159. The van der Waals surface area contributed by atoms with Crippen LogP contribution in [-0.4, -0.2) is 17.9 Å². The van der Waals surface area contributed by atoms with Crippen LogP contribution in [0.3, 0.4) is 0 Å². The number of hydrogen-bond donors (Lipinski definition) is 0. The van der Waals surface area contributed by atoms with Gasteiger partial charge in [-0.2, -0.15) is 0 Å². The minimum atomic E-state index is -0.546. The molecule has 1 heterocycles. The molecule has 1 aromatic rings. The predicted octanol–water partition coefficient (Wildman–Crippen LogP) is 2.28. The van der Waals surface area contributed by atoms with E-state index in [1.165, 1.54) is 13.0 Å². The number of esters is 1. The maximum atomic E-state index is 11.5. The van der Waals surface area contributed by atoms with E-state index < -0.39 is 18.0 Å². The van der Waals surface area contributed by atoms with Gasteiger partial charge in [0.15, 0.2) is 5.78 Å². The fraction of sp³-hybridized carbons (Fsp3) is 0.176. The van der Waals surface area contributed by atoms with E-state index in [0.29, 0.717) is 5.57 Å². The Kier molecular flexibility index (Phi) is 4.17. The molecule has 0 fully saturated rings. The number of rotatable bonds is 3. The van der Waals surface area contributed by atoms with Gasteiger partial charge in [-0.25, -0.2) is 4.79 Å². The van der Waals surface area contributed by atoms with Crippen molar-refractivity contribution in [2.45, 2.75) is 13.0 Å². The first-order chi connectivity index (χ1) is 9.58. The Labute approximate surface area is 117 Å². The SMILES string of the molecule is C=C(C(C)=O)C(C#Cc1ccccc1)[C@@H]1C=CC(=O)O1. The molecule has 2 rings (SSSR count). The van der Waals surface area contributed by atoms with Crippen LogP contribution in [-0.2, 0) is 14.3 Å². The minimum Gasteiger partial charge on any atom is -0.453 e. The Balaban J connectivity index is 2.26. The van der Waals surface area contributed by atoms with Crippen LogP contribution in [0.4, 0.5) is 0 Å². The Hall–Kier alpha value is -2.60. The summed E-state index contributed by atoms with van der Waals surface area (Å²) < 4.78 is 5.12. The molecule has 0 bridgehead atoms. The first-order valence-corrected chi connectivity index (χ1v) is 6.23. The van der Waals surface area contributed by atoms with Crippen molar-refractivity contribution in [3.05, 3.63) is 60.2 Å². The summed E-state index contributed by atoms with van der Waals surface area (Å²) >= 11 is 0. The van der Waals surface area contributed by atoms with Crippen molar-refractivity contribution >= 4 is 11.8 Å². The number of carbonyl (C=O) groups is 2. The van der Waals surface area contributed by atoms with Gasteiger partial charge in [-0.05, 0) is 25.1 Å². The van der Waals surface area contributed by atoms with Gasteiger partial charge >= 0.3 is 5.97 Å². The third-order valence-electron chi connectivity index (χ3n) is 2.98. The van der Waals surface area contributed by atoms with Gasteiger partial charge in [-0.15, -0.1) is 0 Å².